The van der Waals surface area contributed by atoms with Gasteiger partial charge in [-0.15, -0.1) is 0 Å². The molecule has 12 heteroatoms. The van der Waals surface area contributed by atoms with Gasteiger partial charge in [-0.05, 0) is 31.2 Å². The number of hydrogen-bond acceptors (Lipinski definition) is 8. The number of fused-ring (bicyclic) bond motifs is 1. The Morgan fingerprint density at radius 2 is 1.86 bits per heavy atom. The summed E-state index contributed by atoms with van der Waals surface area (Å²) in [7, 11) is -3.91. The summed E-state index contributed by atoms with van der Waals surface area (Å²) in [5, 5.41) is 5.04. The minimum absolute atomic E-state index is 0.123. The second-order valence-corrected chi connectivity index (χ2v) is 10.5. The number of rotatable bonds is 6. The normalized spacial score (nSPS) is 14.9. The number of aromatic nitrogens is 3. The monoisotopic (exact) mass is 529 g/mol. The van der Waals surface area contributed by atoms with E-state index in [0.717, 1.165) is 4.09 Å². The van der Waals surface area contributed by atoms with Crippen molar-refractivity contribution in [3.8, 4) is 11.5 Å². The molecule has 1 aliphatic heterocycles. The molecule has 10 nitrogen and oxygen atoms in total. The van der Waals surface area contributed by atoms with Gasteiger partial charge >= 0.3 is 6.09 Å². The van der Waals surface area contributed by atoms with Crippen molar-refractivity contribution < 1.29 is 22.4 Å². The summed E-state index contributed by atoms with van der Waals surface area (Å²) in [6, 6.07) is 11.3. The van der Waals surface area contributed by atoms with Crippen LogP contribution in [0, 0.1) is 0 Å². The van der Waals surface area contributed by atoms with E-state index in [1.807, 2.05) is 0 Å². The third-order valence-corrected chi connectivity index (χ3v) is 7.78. The van der Waals surface area contributed by atoms with Crippen LogP contribution < -0.4 is 0 Å². The maximum absolute atomic E-state index is 13.2. The fourth-order valence-electron chi connectivity index (χ4n) is 4.16. The Morgan fingerprint density at radius 3 is 2.58 bits per heavy atom. The second-order valence-electron chi connectivity index (χ2n) is 8.29. The summed E-state index contributed by atoms with van der Waals surface area (Å²) in [6.07, 6.45) is 2.82. The van der Waals surface area contributed by atoms with Gasteiger partial charge in [0, 0.05) is 42.2 Å². The van der Waals surface area contributed by atoms with E-state index < -0.39 is 10.0 Å². The zero-order valence-corrected chi connectivity index (χ0v) is 21.1. The van der Waals surface area contributed by atoms with Crippen LogP contribution in [-0.4, -0.2) is 71.3 Å². The summed E-state index contributed by atoms with van der Waals surface area (Å²) in [4.78, 5) is 20.3. The van der Waals surface area contributed by atoms with Crippen molar-refractivity contribution in [3.05, 3.63) is 65.6 Å². The molecule has 1 amide bonds. The van der Waals surface area contributed by atoms with Gasteiger partial charge in [0.05, 0.1) is 36.0 Å². The lowest BCUT2D eigenvalue weighted by Crippen LogP contribution is -2.48. The fourth-order valence-corrected chi connectivity index (χ4v) is 5.65. The van der Waals surface area contributed by atoms with Crippen molar-refractivity contribution in [3.63, 3.8) is 0 Å². The third kappa shape index (κ3) is 4.69. The first-order chi connectivity index (χ1) is 17.4. The van der Waals surface area contributed by atoms with E-state index in [9.17, 15) is 13.2 Å². The summed E-state index contributed by atoms with van der Waals surface area (Å²) < 4.78 is 38.4. The number of ether oxygens (including phenoxy) is 1. The highest BCUT2D eigenvalue weighted by atomic mass is 35.5. The lowest BCUT2D eigenvalue weighted by Gasteiger charge is -2.33. The van der Waals surface area contributed by atoms with Crippen LogP contribution >= 0.6 is 11.6 Å². The quantitative estimate of drug-likeness (QED) is 0.370. The number of amides is 1. The molecule has 2 aromatic carbocycles. The van der Waals surface area contributed by atoms with E-state index in [2.05, 4.69) is 15.0 Å². The Labute approximate surface area is 213 Å². The third-order valence-electron chi connectivity index (χ3n) is 5.95. The van der Waals surface area contributed by atoms with Gasteiger partial charge in [0.15, 0.2) is 0 Å². The Kier molecular flexibility index (Phi) is 6.69. The van der Waals surface area contributed by atoms with Crippen LogP contribution in [0.3, 0.4) is 0 Å². The molecule has 5 rings (SSSR count). The maximum atomic E-state index is 13.2. The van der Waals surface area contributed by atoms with Gasteiger partial charge in [-0.3, -0.25) is 4.90 Å². The Balaban J connectivity index is 1.38. The number of nitrogens with zero attached hydrogens (tertiary/aromatic N) is 5. The zero-order valence-electron chi connectivity index (χ0n) is 19.5. The van der Waals surface area contributed by atoms with Crippen molar-refractivity contribution in [1.82, 2.24) is 24.0 Å². The van der Waals surface area contributed by atoms with Crippen LogP contribution in [0.2, 0.25) is 5.02 Å². The number of halogens is 1. The minimum Gasteiger partial charge on any atom is -0.450 e. The van der Waals surface area contributed by atoms with Crippen LogP contribution in [0.25, 0.3) is 22.4 Å². The highest BCUT2D eigenvalue weighted by Crippen LogP contribution is 2.33. The molecule has 1 aliphatic rings. The molecular weight excluding hydrogens is 506 g/mol. The summed E-state index contributed by atoms with van der Waals surface area (Å²) in [5.41, 5.74) is 0.876. The molecule has 0 radical (unpaired) electrons. The van der Waals surface area contributed by atoms with Crippen LogP contribution in [0.4, 0.5) is 4.79 Å². The van der Waals surface area contributed by atoms with Gasteiger partial charge in [-0.2, -0.15) is 17.6 Å². The van der Waals surface area contributed by atoms with Crippen molar-refractivity contribution in [2.24, 2.45) is 0 Å². The molecule has 3 heterocycles. The van der Waals surface area contributed by atoms with E-state index in [1.165, 1.54) is 18.3 Å². The van der Waals surface area contributed by atoms with Gasteiger partial charge in [0.2, 0.25) is 5.89 Å². The average molecular weight is 530 g/mol. The number of hydrogen-bond donors (Lipinski definition) is 0. The first-order valence-corrected chi connectivity index (χ1v) is 13.3. The Morgan fingerprint density at radius 1 is 1.11 bits per heavy atom. The fraction of sp³-hybridized carbons (Fsp3) is 0.292. The van der Waals surface area contributed by atoms with Gasteiger partial charge in [0.25, 0.3) is 10.0 Å². The molecule has 1 saturated heterocycles. The van der Waals surface area contributed by atoms with Crippen molar-refractivity contribution in [2.75, 3.05) is 32.8 Å². The van der Waals surface area contributed by atoms with Crippen LogP contribution in [0.1, 0.15) is 12.7 Å². The van der Waals surface area contributed by atoms with E-state index in [0.29, 0.717) is 72.5 Å². The molecular formula is C24H24ClN5O5S. The molecule has 0 saturated carbocycles. The number of benzene rings is 2. The SMILES string of the molecule is CCOC(=O)N1CCN(Cc2cnc(-c3cc(Cl)cc4c3cnn4S(=O)(=O)c3ccccc3)o2)CC1. The molecule has 0 spiro atoms. The van der Waals surface area contributed by atoms with E-state index in [-0.39, 0.29) is 11.0 Å². The molecule has 36 heavy (non-hydrogen) atoms. The number of carbonyl (C=O) groups excluding carboxylic acids is 1. The maximum Gasteiger partial charge on any atom is 0.409 e. The second kappa shape index (κ2) is 9.92. The number of piperazine rings is 1. The first-order valence-electron chi connectivity index (χ1n) is 11.4. The largest absolute Gasteiger partial charge is 0.450 e. The highest BCUT2D eigenvalue weighted by molar-refractivity contribution is 7.90. The van der Waals surface area contributed by atoms with Crippen LogP contribution in [0.5, 0.6) is 0 Å². The summed E-state index contributed by atoms with van der Waals surface area (Å²) >= 11 is 6.37. The minimum atomic E-state index is -3.91. The lowest BCUT2D eigenvalue weighted by molar-refractivity contribution is 0.0761. The molecule has 0 aliphatic carbocycles. The topological polar surface area (TPSA) is 111 Å². The molecule has 0 bridgehead atoms. The van der Waals surface area contributed by atoms with E-state index >= 15 is 0 Å². The molecule has 0 unspecified atom stereocenters. The average Bonchev–Trinajstić information content (AvgIpc) is 3.52. The zero-order chi connectivity index (χ0) is 25.3. The van der Waals surface area contributed by atoms with Crippen molar-refractivity contribution in [2.45, 2.75) is 18.4 Å². The highest BCUT2D eigenvalue weighted by Gasteiger charge is 2.25. The predicted octanol–water partition coefficient (Wildman–Crippen LogP) is 3.86. The summed E-state index contributed by atoms with van der Waals surface area (Å²) in [5.74, 6) is 0.964. The Bertz CT molecular complexity index is 1490. The van der Waals surface area contributed by atoms with Crippen molar-refractivity contribution in [1.29, 1.82) is 0 Å². The van der Waals surface area contributed by atoms with Gasteiger partial charge < -0.3 is 14.1 Å². The van der Waals surface area contributed by atoms with Gasteiger partial charge in [-0.1, -0.05) is 29.8 Å². The molecule has 0 N–H and O–H groups in total. The Hall–Kier alpha value is -3.41. The van der Waals surface area contributed by atoms with Crippen LogP contribution in [0.15, 0.2) is 64.2 Å². The number of oxazole rings is 1. The molecule has 4 aromatic rings. The van der Waals surface area contributed by atoms with Crippen LogP contribution in [-0.2, 0) is 21.3 Å². The van der Waals surface area contributed by atoms with Gasteiger partial charge in [-0.25, -0.2) is 9.78 Å². The predicted molar refractivity (Wildman–Crippen MR) is 133 cm³/mol. The molecule has 0 atom stereocenters. The molecule has 188 valence electrons. The molecule has 2 aromatic heterocycles. The lowest BCUT2D eigenvalue weighted by atomic mass is 10.1. The number of carbonyl (C=O) groups is 1. The van der Waals surface area contributed by atoms with E-state index in [1.54, 1.807) is 48.4 Å². The smallest absolute Gasteiger partial charge is 0.409 e. The van der Waals surface area contributed by atoms with Crippen molar-refractivity contribution >= 4 is 38.6 Å². The van der Waals surface area contributed by atoms with E-state index in [4.69, 9.17) is 20.8 Å². The van der Waals surface area contributed by atoms with Gasteiger partial charge in [0.1, 0.15) is 5.76 Å². The molecule has 1 fully saturated rings. The first kappa shape index (κ1) is 24.3. The summed E-state index contributed by atoms with van der Waals surface area (Å²) in [6.45, 7) is 5.17. The standard InChI is InChI=1S/C24H24ClN5O5S/c1-2-34-24(31)29-10-8-28(9-11-29)16-18-14-26-23(35-18)20-12-17(25)13-22-21(20)15-27-30(22)36(32,33)19-6-4-3-5-7-19/h3-7,12-15H,2,8-11,16H2,1H3.